The Morgan fingerprint density at radius 1 is 1.00 bits per heavy atom. The van der Waals surface area contributed by atoms with Gasteiger partial charge in [0, 0.05) is 23.3 Å². The molecule has 1 aromatic heterocycles. The predicted molar refractivity (Wildman–Crippen MR) is 89.7 cm³/mol. The second-order valence-electron chi connectivity index (χ2n) is 5.64. The maximum atomic E-state index is 4.36. The Labute approximate surface area is 125 Å². The van der Waals surface area contributed by atoms with E-state index in [2.05, 4.69) is 73.5 Å². The molecule has 1 heterocycles. The number of aryl methyl sites for hydroxylation is 2. The summed E-state index contributed by atoms with van der Waals surface area (Å²) in [5.41, 5.74) is 6.13. The summed E-state index contributed by atoms with van der Waals surface area (Å²) >= 11 is 0. The lowest BCUT2D eigenvalue weighted by Gasteiger charge is -2.18. The maximum Gasteiger partial charge on any atom is 0.0703 e. The number of aromatic nitrogens is 1. The summed E-state index contributed by atoms with van der Waals surface area (Å²) in [6.07, 6.45) is 1.83. The van der Waals surface area contributed by atoms with Crippen LogP contribution in [0.2, 0.25) is 0 Å². The highest BCUT2D eigenvalue weighted by atomic mass is 14.9. The fourth-order valence-electron chi connectivity index (χ4n) is 2.80. The average molecular weight is 276 g/mol. The van der Waals surface area contributed by atoms with Crippen LogP contribution in [0.25, 0.3) is 10.9 Å². The summed E-state index contributed by atoms with van der Waals surface area (Å²) in [6, 6.07) is 17.3. The number of fused-ring (bicyclic) bond motifs is 1. The van der Waals surface area contributed by atoms with Gasteiger partial charge in [-0.3, -0.25) is 4.98 Å². The van der Waals surface area contributed by atoms with Crippen LogP contribution in [-0.2, 0) is 0 Å². The van der Waals surface area contributed by atoms with Crippen molar-refractivity contribution < 1.29 is 0 Å². The molecule has 2 heteroatoms. The molecule has 0 radical (unpaired) electrons. The summed E-state index contributed by atoms with van der Waals surface area (Å²) in [7, 11) is 0. The normalized spacial score (nSPS) is 12.3. The Morgan fingerprint density at radius 2 is 1.86 bits per heavy atom. The average Bonchev–Trinajstić information content (AvgIpc) is 2.47. The van der Waals surface area contributed by atoms with Crippen LogP contribution < -0.4 is 5.32 Å². The Balaban J connectivity index is 1.87. The van der Waals surface area contributed by atoms with E-state index in [9.17, 15) is 0 Å². The van der Waals surface area contributed by atoms with Crippen molar-refractivity contribution in [2.24, 2.45) is 0 Å². The first-order chi connectivity index (χ1) is 10.1. The number of hydrogen-bond acceptors (Lipinski definition) is 2. The largest absolute Gasteiger partial charge is 0.378 e. The van der Waals surface area contributed by atoms with E-state index >= 15 is 0 Å². The van der Waals surface area contributed by atoms with Crippen molar-refractivity contribution in [1.29, 1.82) is 0 Å². The zero-order valence-electron chi connectivity index (χ0n) is 12.7. The highest BCUT2D eigenvalue weighted by Gasteiger charge is 2.08. The van der Waals surface area contributed by atoms with E-state index < -0.39 is 0 Å². The maximum absolute atomic E-state index is 4.36. The van der Waals surface area contributed by atoms with Crippen molar-refractivity contribution in [3.8, 4) is 0 Å². The van der Waals surface area contributed by atoms with Gasteiger partial charge in [0.1, 0.15) is 0 Å². The zero-order chi connectivity index (χ0) is 14.8. The molecule has 0 aliphatic rings. The SMILES string of the molecule is Cc1ccc(C(C)Nc2ccc3ncccc3c2)c(C)c1. The number of nitrogens with one attached hydrogen (secondary N) is 1. The van der Waals surface area contributed by atoms with Gasteiger partial charge in [-0.15, -0.1) is 0 Å². The second kappa shape index (κ2) is 5.57. The number of benzene rings is 2. The van der Waals surface area contributed by atoms with Gasteiger partial charge in [0.05, 0.1) is 5.52 Å². The lowest BCUT2D eigenvalue weighted by molar-refractivity contribution is 0.873. The highest BCUT2D eigenvalue weighted by Crippen LogP contribution is 2.24. The van der Waals surface area contributed by atoms with Crippen LogP contribution in [0.15, 0.2) is 54.7 Å². The van der Waals surface area contributed by atoms with Crippen molar-refractivity contribution in [3.05, 3.63) is 71.4 Å². The molecule has 21 heavy (non-hydrogen) atoms. The minimum absolute atomic E-state index is 0.278. The second-order valence-corrected chi connectivity index (χ2v) is 5.64. The van der Waals surface area contributed by atoms with Crippen LogP contribution in [0.4, 0.5) is 5.69 Å². The van der Waals surface area contributed by atoms with Crippen LogP contribution >= 0.6 is 0 Å². The molecule has 0 fully saturated rings. The van der Waals surface area contributed by atoms with E-state index in [0.717, 1.165) is 16.6 Å². The fraction of sp³-hybridized carbons (Fsp3) is 0.211. The molecule has 0 saturated heterocycles. The number of hydrogen-bond donors (Lipinski definition) is 1. The third kappa shape index (κ3) is 2.89. The molecule has 3 rings (SSSR count). The molecule has 1 unspecified atom stereocenters. The van der Waals surface area contributed by atoms with E-state index in [1.54, 1.807) is 0 Å². The lowest BCUT2D eigenvalue weighted by atomic mass is 10.00. The quantitative estimate of drug-likeness (QED) is 0.726. The molecular formula is C19H20N2. The third-order valence-electron chi connectivity index (χ3n) is 3.88. The first-order valence-electron chi connectivity index (χ1n) is 7.32. The molecule has 0 bridgehead atoms. The van der Waals surface area contributed by atoms with Crippen LogP contribution in [0.1, 0.15) is 29.7 Å². The minimum Gasteiger partial charge on any atom is -0.378 e. The van der Waals surface area contributed by atoms with Crippen LogP contribution in [-0.4, -0.2) is 4.98 Å². The Kier molecular flexibility index (Phi) is 3.61. The predicted octanol–water partition coefficient (Wildman–Crippen LogP) is 5.02. The summed E-state index contributed by atoms with van der Waals surface area (Å²) in [5.74, 6) is 0. The van der Waals surface area contributed by atoms with E-state index in [0.29, 0.717) is 0 Å². The molecule has 3 aromatic rings. The standard InChI is InChI=1S/C19H20N2/c1-13-6-8-18(14(2)11-13)15(3)21-17-7-9-19-16(12-17)5-4-10-20-19/h4-12,15,21H,1-3H3. The third-order valence-corrected chi connectivity index (χ3v) is 3.88. The number of nitrogens with zero attached hydrogens (tertiary/aromatic N) is 1. The topological polar surface area (TPSA) is 24.9 Å². The summed E-state index contributed by atoms with van der Waals surface area (Å²) < 4.78 is 0. The first-order valence-corrected chi connectivity index (χ1v) is 7.32. The van der Waals surface area contributed by atoms with Gasteiger partial charge < -0.3 is 5.32 Å². The number of anilines is 1. The van der Waals surface area contributed by atoms with E-state index in [4.69, 9.17) is 0 Å². The Hall–Kier alpha value is -2.35. The highest BCUT2D eigenvalue weighted by molar-refractivity contribution is 5.82. The summed E-state index contributed by atoms with van der Waals surface area (Å²) in [4.78, 5) is 4.36. The number of pyridine rings is 1. The molecule has 0 aliphatic heterocycles. The Morgan fingerprint density at radius 3 is 2.67 bits per heavy atom. The van der Waals surface area contributed by atoms with Gasteiger partial charge in [0.15, 0.2) is 0 Å². The molecule has 0 aliphatic carbocycles. The lowest BCUT2D eigenvalue weighted by Crippen LogP contribution is -2.08. The zero-order valence-corrected chi connectivity index (χ0v) is 12.7. The summed E-state index contributed by atoms with van der Waals surface area (Å²) in [6.45, 7) is 6.50. The first kappa shape index (κ1) is 13.6. The van der Waals surface area contributed by atoms with Gasteiger partial charge in [-0.25, -0.2) is 0 Å². The van der Waals surface area contributed by atoms with Gasteiger partial charge in [0.2, 0.25) is 0 Å². The minimum atomic E-state index is 0.278. The summed E-state index contributed by atoms with van der Waals surface area (Å²) in [5, 5.41) is 4.75. The van der Waals surface area contributed by atoms with Crippen molar-refractivity contribution in [3.63, 3.8) is 0 Å². The van der Waals surface area contributed by atoms with Crippen LogP contribution in [0, 0.1) is 13.8 Å². The van der Waals surface area contributed by atoms with Crippen LogP contribution in [0.3, 0.4) is 0 Å². The molecule has 2 nitrogen and oxygen atoms in total. The van der Waals surface area contributed by atoms with Crippen molar-refractivity contribution in [2.45, 2.75) is 26.8 Å². The molecule has 0 saturated carbocycles. The van der Waals surface area contributed by atoms with Crippen molar-refractivity contribution >= 4 is 16.6 Å². The molecule has 106 valence electrons. The van der Waals surface area contributed by atoms with Gasteiger partial charge in [0.25, 0.3) is 0 Å². The molecule has 0 amide bonds. The Bertz CT molecular complexity index is 777. The monoisotopic (exact) mass is 276 g/mol. The van der Waals surface area contributed by atoms with Crippen molar-refractivity contribution in [1.82, 2.24) is 4.98 Å². The molecule has 0 spiro atoms. The van der Waals surface area contributed by atoms with Crippen LogP contribution in [0.5, 0.6) is 0 Å². The smallest absolute Gasteiger partial charge is 0.0703 e. The molecule has 1 N–H and O–H groups in total. The molecular weight excluding hydrogens is 256 g/mol. The van der Waals surface area contributed by atoms with Gasteiger partial charge in [-0.1, -0.05) is 29.8 Å². The molecule has 2 aromatic carbocycles. The van der Waals surface area contributed by atoms with E-state index in [1.165, 1.54) is 16.7 Å². The van der Waals surface area contributed by atoms with Gasteiger partial charge >= 0.3 is 0 Å². The van der Waals surface area contributed by atoms with Gasteiger partial charge in [-0.2, -0.15) is 0 Å². The van der Waals surface area contributed by atoms with E-state index in [-0.39, 0.29) is 6.04 Å². The van der Waals surface area contributed by atoms with Gasteiger partial charge in [-0.05, 0) is 56.2 Å². The van der Waals surface area contributed by atoms with Crippen molar-refractivity contribution in [2.75, 3.05) is 5.32 Å². The molecule has 1 atom stereocenters. The van der Waals surface area contributed by atoms with E-state index in [1.807, 2.05) is 12.3 Å². The fourth-order valence-corrected chi connectivity index (χ4v) is 2.80. The number of rotatable bonds is 3.